The number of ether oxygens (including phenoxy) is 2. The summed E-state index contributed by atoms with van der Waals surface area (Å²) in [5, 5.41) is 1.39. The number of likely N-dealkylation sites (tertiary alicyclic amines) is 1. The molecule has 3 heterocycles. The molecule has 1 fully saturated rings. The number of pyridine rings is 1. The molecule has 0 atom stereocenters. The molecule has 0 unspecified atom stereocenters. The van der Waals surface area contributed by atoms with E-state index in [0.29, 0.717) is 23.4 Å². The fraction of sp³-hybridized carbons (Fsp3) is 0.280. The number of rotatable bonds is 7. The molecule has 0 bridgehead atoms. The van der Waals surface area contributed by atoms with E-state index in [-0.39, 0.29) is 0 Å². The summed E-state index contributed by atoms with van der Waals surface area (Å²) < 4.78 is 12.8. The van der Waals surface area contributed by atoms with Gasteiger partial charge in [0.2, 0.25) is 0 Å². The molecule has 0 spiro atoms. The van der Waals surface area contributed by atoms with Crippen LogP contribution in [-0.4, -0.2) is 41.1 Å². The quantitative estimate of drug-likeness (QED) is 0.316. The number of aromatic nitrogens is 2. The van der Waals surface area contributed by atoms with E-state index in [1.807, 2.05) is 48.5 Å². The van der Waals surface area contributed by atoms with Gasteiger partial charge in [-0.1, -0.05) is 35.1 Å². The highest BCUT2D eigenvalue weighted by molar-refractivity contribution is 7.20. The Labute approximate surface area is 196 Å². The van der Waals surface area contributed by atoms with E-state index < -0.39 is 0 Å². The van der Waals surface area contributed by atoms with Crippen LogP contribution in [0.3, 0.4) is 0 Å². The van der Waals surface area contributed by atoms with Gasteiger partial charge in [-0.2, -0.15) is 4.98 Å². The molecule has 0 saturated carbocycles. The normalized spacial score (nSPS) is 15.2. The van der Waals surface area contributed by atoms with Crippen molar-refractivity contribution in [2.45, 2.75) is 18.8 Å². The van der Waals surface area contributed by atoms with Crippen LogP contribution in [0.1, 0.15) is 24.3 Å². The highest BCUT2D eigenvalue weighted by Crippen LogP contribution is 2.31. The lowest BCUT2D eigenvalue weighted by atomic mass is 9.89. The van der Waals surface area contributed by atoms with Crippen molar-refractivity contribution >= 4 is 33.3 Å². The predicted octanol–water partition coefficient (Wildman–Crippen LogP) is 6.40. The highest BCUT2D eigenvalue weighted by Gasteiger charge is 2.20. The molecule has 5 nitrogen and oxygen atoms in total. The first-order chi connectivity index (χ1) is 15.7. The van der Waals surface area contributed by atoms with Gasteiger partial charge in [0.1, 0.15) is 18.1 Å². The second-order valence-electron chi connectivity index (χ2n) is 7.89. The van der Waals surface area contributed by atoms with Crippen molar-refractivity contribution in [2.75, 3.05) is 26.2 Å². The Hall–Kier alpha value is -2.67. The highest BCUT2D eigenvalue weighted by atomic mass is 35.5. The van der Waals surface area contributed by atoms with Crippen molar-refractivity contribution in [2.24, 2.45) is 0 Å². The monoisotopic (exact) mass is 465 g/mol. The topological polar surface area (TPSA) is 47.5 Å². The SMILES string of the molecule is Clc1ccc(C2CCN(CCOc3ccc(Oc4nc5ncccc5s4)cc3)CC2)cc1. The second kappa shape index (κ2) is 9.86. The van der Waals surface area contributed by atoms with Gasteiger partial charge in [-0.05, 0) is 85.9 Å². The van der Waals surface area contributed by atoms with Crippen LogP contribution in [0.2, 0.25) is 5.02 Å². The fourth-order valence-electron chi connectivity index (χ4n) is 4.02. The number of benzene rings is 2. The number of piperidine rings is 1. The standard InChI is InChI=1S/C25H24ClN3O2S/c26-20-5-3-18(4-6-20)19-11-14-29(15-12-19)16-17-30-21-7-9-22(10-8-21)31-25-28-24-23(32-25)2-1-13-27-24/h1-10,13,19H,11-12,14-17H2. The van der Waals surface area contributed by atoms with Crippen molar-refractivity contribution in [1.82, 2.24) is 14.9 Å². The van der Waals surface area contributed by atoms with Gasteiger partial charge in [0.15, 0.2) is 5.65 Å². The van der Waals surface area contributed by atoms with Crippen LogP contribution in [0, 0.1) is 0 Å². The lowest BCUT2D eigenvalue weighted by molar-refractivity contribution is 0.173. The molecule has 1 aliphatic rings. The van der Waals surface area contributed by atoms with Gasteiger partial charge in [-0.3, -0.25) is 4.90 Å². The van der Waals surface area contributed by atoms with E-state index in [2.05, 4.69) is 27.0 Å². The van der Waals surface area contributed by atoms with E-state index in [0.717, 1.165) is 40.9 Å². The van der Waals surface area contributed by atoms with Crippen LogP contribution in [0.5, 0.6) is 16.7 Å². The largest absolute Gasteiger partial charge is 0.492 e. The molecule has 4 aromatic rings. The number of nitrogens with zero attached hydrogens (tertiary/aromatic N) is 3. The Kier molecular flexibility index (Phi) is 6.53. The summed E-state index contributed by atoms with van der Waals surface area (Å²) in [5.41, 5.74) is 2.11. The first-order valence-corrected chi connectivity index (χ1v) is 12.0. The molecule has 164 valence electrons. The molecule has 1 saturated heterocycles. The predicted molar refractivity (Wildman–Crippen MR) is 129 cm³/mol. The second-order valence-corrected chi connectivity index (χ2v) is 9.32. The van der Waals surface area contributed by atoms with Gasteiger partial charge in [0, 0.05) is 17.8 Å². The van der Waals surface area contributed by atoms with Gasteiger partial charge in [0.25, 0.3) is 5.19 Å². The maximum Gasteiger partial charge on any atom is 0.281 e. The summed E-state index contributed by atoms with van der Waals surface area (Å²) in [6, 6.07) is 19.9. The number of halogens is 1. The lowest BCUT2D eigenvalue weighted by Crippen LogP contribution is -2.35. The van der Waals surface area contributed by atoms with E-state index in [1.54, 1.807) is 6.20 Å². The van der Waals surface area contributed by atoms with E-state index in [4.69, 9.17) is 21.1 Å². The molecule has 0 N–H and O–H groups in total. The molecular formula is C25H24ClN3O2S. The van der Waals surface area contributed by atoms with Gasteiger partial charge >= 0.3 is 0 Å². The van der Waals surface area contributed by atoms with Crippen molar-refractivity contribution in [1.29, 1.82) is 0 Å². The van der Waals surface area contributed by atoms with Crippen molar-refractivity contribution in [3.63, 3.8) is 0 Å². The summed E-state index contributed by atoms with van der Waals surface area (Å²) in [4.78, 5) is 11.1. The van der Waals surface area contributed by atoms with Crippen molar-refractivity contribution in [3.8, 4) is 16.7 Å². The van der Waals surface area contributed by atoms with Crippen LogP contribution < -0.4 is 9.47 Å². The summed E-state index contributed by atoms with van der Waals surface area (Å²) >= 11 is 7.49. The molecule has 1 aliphatic heterocycles. The first-order valence-electron chi connectivity index (χ1n) is 10.8. The fourth-order valence-corrected chi connectivity index (χ4v) is 4.94. The third-order valence-electron chi connectivity index (χ3n) is 5.78. The average Bonchev–Trinajstić information content (AvgIpc) is 3.24. The number of hydrogen-bond acceptors (Lipinski definition) is 6. The average molecular weight is 466 g/mol. The summed E-state index contributed by atoms with van der Waals surface area (Å²) in [5.74, 6) is 2.21. The minimum atomic E-state index is 0.592. The molecule has 2 aromatic carbocycles. The van der Waals surface area contributed by atoms with Crippen LogP contribution in [0.25, 0.3) is 10.3 Å². The number of thiazole rings is 1. The van der Waals surface area contributed by atoms with Crippen molar-refractivity contribution in [3.05, 3.63) is 77.4 Å². The van der Waals surface area contributed by atoms with Gasteiger partial charge in [-0.15, -0.1) is 0 Å². The molecule has 0 radical (unpaired) electrons. The molecule has 0 amide bonds. The Balaban J connectivity index is 1.06. The minimum absolute atomic E-state index is 0.592. The van der Waals surface area contributed by atoms with Gasteiger partial charge in [-0.25, -0.2) is 4.98 Å². The molecular weight excluding hydrogens is 442 g/mol. The van der Waals surface area contributed by atoms with E-state index in [9.17, 15) is 0 Å². The Bertz CT molecular complexity index is 1120. The zero-order valence-corrected chi connectivity index (χ0v) is 19.2. The molecule has 2 aromatic heterocycles. The van der Waals surface area contributed by atoms with Gasteiger partial charge in [0.05, 0.1) is 4.70 Å². The smallest absolute Gasteiger partial charge is 0.281 e. The Morgan fingerprint density at radius 2 is 1.72 bits per heavy atom. The maximum absolute atomic E-state index is 6.01. The first kappa shape index (κ1) is 21.2. The van der Waals surface area contributed by atoms with E-state index >= 15 is 0 Å². The van der Waals surface area contributed by atoms with Crippen molar-refractivity contribution < 1.29 is 9.47 Å². The summed E-state index contributed by atoms with van der Waals surface area (Å²) in [6.45, 7) is 3.81. The zero-order valence-electron chi connectivity index (χ0n) is 17.6. The molecule has 32 heavy (non-hydrogen) atoms. The van der Waals surface area contributed by atoms with Crippen LogP contribution in [-0.2, 0) is 0 Å². The van der Waals surface area contributed by atoms with E-state index in [1.165, 1.54) is 29.7 Å². The number of hydrogen-bond donors (Lipinski definition) is 0. The summed E-state index contributed by atoms with van der Waals surface area (Å²) in [7, 11) is 0. The third kappa shape index (κ3) is 5.21. The third-order valence-corrected chi connectivity index (χ3v) is 6.92. The lowest BCUT2D eigenvalue weighted by Gasteiger charge is -2.32. The zero-order chi connectivity index (χ0) is 21.8. The van der Waals surface area contributed by atoms with Gasteiger partial charge < -0.3 is 9.47 Å². The molecule has 7 heteroatoms. The minimum Gasteiger partial charge on any atom is -0.492 e. The molecule has 5 rings (SSSR count). The van der Waals surface area contributed by atoms with Crippen LogP contribution in [0.15, 0.2) is 66.9 Å². The summed E-state index contributed by atoms with van der Waals surface area (Å²) in [6.07, 6.45) is 4.09. The maximum atomic E-state index is 6.01. The number of fused-ring (bicyclic) bond motifs is 1. The Morgan fingerprint density at radius 3 is 2.47 bits per heavy atom. The molecule has 0 aliphatic carbocycles. The Morgan fingerprint density at radius 1 is 0.969 bits per heavy atom. The van der Waals surface area contributed by atoms with Crippen LogP contribution >= 0.6 is 22.9 Å². The van der Waals surface area contributed by atoms with Crippen LogP contribution in [0.4, 0.5) is 0 Å².